The first-order valence-electron chi connectivity index (χ1n) is 8.64. The maximum absolute atomic E-state index is 13.7. The molecule has 0 saturated heterocycles. The normalized spacial score (nSPS) is 12.6. The van der Waals surface area contributed by atoms with Gasteiger partial charge in [0.15, 0.2) is 0 Å². The highest BCUT2D eigenvalue weighted by Gasteiger charge is 2.33. The molecule has 0 fully saturated rings. The third-order valence-electron chi connectivity index (χ3n) is 4.34. The molecule has 0 radical (unpaired) electrons. The average Bonchev–Trinajstić information content (AvgIpc) is 2.70. The van der Waals surface area contributed by atoms with Gasteiger partial charge in [-0.05, 0) is 24.3 Å². The standard InChI is InChI=1S/C22H17FO3S/c23-17-9-3-6-12-20(17)27-14-13-25-22(24)21-15-7-1-4-10-18(15)26-19-11-5-2-8-16(19)21/h1-12,21H,13-14H2. The highest BCUT2D eigenvalue weighted by molar-refractivity contribution is 7.99. The lowest BCUT2D eigenvalue weighted by Crippen LogP contribution is -2.22. The summed E-state index contributed by atoms with van der Waals surface area (Å²) in [7, 11) is 0. The van der Waals surface area contributed by atoms with Crippen molar-refractivity contribution in [2.24, 2.45) is 0 Å². The number of carbonyl (C=O) groups is 1. The fourth-order valence-electron chi connectivity index (χ4n) is 3.10. The molecule has 1 aliphatic rings. The Bertz CT molecular complexity index is 928. The number of carbonyl (C=O) groups excluding carboxylic acids is 1. The molecule has 0 aromatic heterocycles. The molecule has 0 aliphatic carbocycles. The summed E-state index contributed by atoms with van der Waals surface area (Å²) in [6.45, 7) is 0.208. The summed E-state index contributed by atoms with van der Waals surface area (Å²) in [5, 5.41) is 0. The molecule has 0 amide bonds. The molecular weight excluding hydrogens is 363 g/mol. The van der Waals surface area contributed by atoms with Crippen molar-refractivity contribution >= 4 is 17.7 Å². The second-order valence-electron chi connectivity index (χ2n) is 6.06. The van der Waals surface area contributed by atoms with Crippen molar-refractivity contribution in [1.82, 2.24) is 0 Å². The van der Waals surface area contributed by atoms with E-state index in [4.69, 9.17) is 9.47 Å². The van der Waals surface area contributed by atoms with Gasteiger partial charge < -0.3 is 9.47 Å². The van der Waals surface area contributed by atoms with E-state index in [-0.39, 0.29) is 18.4 Å². The molecule has 0 atom stereocenters. The summed E-state index contributed by atoms with van der Waals surface area (Å²) in [6.07, 6.45) is 0. The smallest absolute Gasteiger partial charge is 0.318 e. The fourth-order valence-corrected chi connectivity index (χ4v) is 3.87. The van der Waals surface area contributed by atoms with Crippen molar-refractivity contribution in [3.63, 3.8) is 0 Å². The molecular formula is C22H17FO3S. The van der Waals surface area contributed by atoms with Crippen LogP contribution in [0.2, 0.25) is 0 Å². The summed E-state index contributed by atoms with van der Waals surface area (Å²) in [6, 6.07) is 21.5. The van der Waals surface area contributed by atoms with Crippen LogP contribution in [0.4, 0.5) is 4.39 Å². The van der Waals surface area contributed by atoms with Gasteiger partial charge in [-0.2, -0.15) is 0 Å². The minimum atomic E-state index is -0.524. The molecule has 0 spiro atoms. The van der Waals surface area contributed by atoms with Crippen LogP contribution in [-0.4, -0.2) is 18.3 Å². The first-order valence-corrected chi connectivity index (χ1v) is 9.62. The fraction of sp³-hybridized carbons (Fsp3) is 0.136. The number of rotatable bonds is 5. The van der Waals surface area contributed by atoms with Crippen LogP contribution in [0.25, 0.3) is 0 Å². The van der Waals surface area contributed by atoms with Gasteiger partial charge in [-0.3, -0.25) is 4.79 Å². The van der Waals surface area contributed by atoms with Crippen LogP contribution in [0.1, 0.15) is 17.0 Å². The number of para-hydroxylation sites is 2. The van der Waals surface area contributed by atoms with Crippen LogP contribution in [0.3, 0.4) is 0 Å². The van der Waals surface area contributed by atoms with Gasteiger partial charge in [-0.25, -0.2) is 4.39 Å². The molecule has 1 heterocycles. The maximum atomic E-state index is 13.7. The van der Waals surface area contributed by atoms with Crippen molar-refractivity contribution in [3.05, 3.63) is 89.7 Å². The van der Waals surface area contributed by atoms with E-state index in [0.29, 0.717) is 22.1 Å². The topological polar surface area (TPSA) is 35.5 Å². The number of fused-ring (bicyclic) bond motifs is 2. The SMILES string of the molecule is O=C(OCCSc1ccccc1F)C1c2ccccc2Oc2ccccc21. The average molecular weight is 380 g/mol. The van der Waals surface area contributed by atoms with Gasteiger partial charge in [-0.15, -0.1) is 11.8 Å². The maximum Gasteiger partial charge on any atom is 0.318 e. The molecule has 4 rings (SSSR count). The summed E-state index contributed by atoms with van der Waals surface area (Å²) in [5.74, 6) is 0.704. The molecule has 5 heteroatoms. The van der Waals surface area contributed by atoms with E-state index in [9.17, 15) is 9.18 Å². The van der Waals surface area contributed by atoms with Crippen molar-refractivity contribution < 1.29 is 18.7 Å². The lowest BCUT2D eigenvalue weighted by atomic mass is 9.88. The predicted molar refractivity (Wildman–Crippen MR) is 103 cm³/mol. The number of hydrogen-bond acceptors (Lipinski definition) is 4. The summed E-state index contributed by atoms with van der Waals surface area (Å²) >= 11 is 1.33. The lowest BCUT2D eigenvalue weighted by Gasteiger charge is -2.26. The first kappa shape index (κ1) is 17.6. The number of halogens is 1. The molecule has 1 aliphatic heterocycles. The highest BCUT2D eigenvalue weighted by atomic mass is 32.2. The second kappa shape index (κ2) is 7.84. The Hall–Kier alpha value is -2.79. The van der Waals surface area contributed by atoms with Crippen LogP contribution in [-0.2, 0) is 9.53 Å². The van der Waals surface area contributed by atoms with Gasteiger partial charge >= 0.3 is 5.97 Å². The minimum Gasteiger partial charge on any atom is -0.464 e. The van der Waals surface area contributed by atoms with Crippen LogP contribution >= 0.6 is 11.8 Å². The van der Waals surface area contributed by atoms with Crippen molar-refractivity contribution in [2.45, 2.75) is 10.8 Å². The first-order chi connectivity index (χ1) is 13.2. The number of esters is 1. The molecule has 27 heavy (non-hydrogen) atoms. The van der Waals surface area contributed by atoms with Crippen molar-refractivity contribution in [3.8, 4) is 11.5 Å². The Balaban J connectivity index is 1.46. The van der Waals surface area contributed by atoms with E-state index < -0.39 is 5.92 Å². The van der Waals surface area contributed by atoms with Crippen molar-refractivity contribution in [1.29, 1.82) is 0 Å². The monoisotopic (exact) mass is 380 g/mol. The third-order valence-corrected chi connectivity index (χ3v) is 5.35. The van der Waals surface area contributed by atoms with E-state index in [1.54, 1.807) is 18.2 Å². The zero-order valence-electron chi connectivity index (χ0n) is 14.4. The van der Waals surface area contributed by atoms with Crippen molar-refractivity contribution in [2.75, 3.05) is 12.4 Å². The van der Waals surface area contributed by atoms with Gasteiger partial charge in [0.25, 0.3) is 0 Å². The van der Waals surface area contributed by atoms with Gasteiger partial charge in [0.1, 0.15) is 29.8 Å². The lowest BCUT2D eigenvalue weighted by molar-refractivity contribution is -0.143. The van der Waals surface area contributed by atoms with Crippen LogP contribution in [0, 0.1) is 5.82 Å². The van der Waals surface area contributed by atoms with E-state index in [2.05, 4.69) is 0 Å². The summed E-state index contributed by atoms with van der Waals surface area (Å²) in [5.41, 5.74) is 1.59. The largest absolute Gasteiger partial charge is 0.464 e. The summed E-state index contributed by atoms with van der Waals surface area (Å²) in [4.78, 5) is 13.4. The molecule has 0 unspecified atom stereocenters. The Morgan fingerprint density at radius 1 is 0.926 bits per heavy atom. The van der Waals surface area contributed by atoms with E-state index in [1.807, 2.05) is 48.5 Å². The Morgan fingerprint density at radius 2 is 1.52 bits per heavy atom. The zero-order valence-corrected chi connectivity index (χ0v) is 15.2. The van der Waals surface area contributed by atoms with Gasteiger partial charge in [0.05, 0.1) is 0 Å². The van der Waals surface area contributed by atoms with Crippen LogP contribution < -0.4 is 4.74 Å². The number of ether oxygens (including phenoxy) is 2. The third kappa shape index (κ3) is 3.69. The molecule has 0 saturated carbocycles. The summed E-state index contributed by atoms with van der Waals surface area (Å²) < 4.78 is 25.1. The molecule has 0 bridgehead atoms. The Labute approximate surface area is 161 Å². The Morgan fingerprint density at radius 3 is 2.19 bits per heavy atom. The minimum absolute atomic E-state index is 0.208. The molecule has 3 nitrogen and oxygen atoms in total. The van der Waals surface area contributed by atoms with Crippen LogP contribution in [0.15, 0.2) is 77.7 Å². The second-order valence-corrected chi connectivity index (χ2v) is 7.19. The molecule has 136 valence electrons. The number of thioether (sulfide) groups is 1. The molecule has 3 aromatic carbocycles. The zero-order chi connectivity index (χ0) is 18.6. The van der Waals surface area contributed by atoms with Gasteiger partial charge in [0.2, 0.25) is 0 Å². The van der Waals surface area contributed by atoms with Gasteiger partial charge in [0, 0.05) is 21.8 Å². The highest BCUT2D eigenvalue weighted by Crippen LogP contribution is 2.44. The quantitative estimate of drug-likeness (QED) is 0.337. The predicted octanol–water partition coefficient (Wildman–Crippen LogP) is 5.40. The van der Waals surface area contributed by atoms with E-state index in [0.717, 1.165) is 11.1 Å². The van der Waals surface area contributed by atoms with Crippen LogP contribution in [0.5, 0.6) is 11.5 Å². The number of hydrogen-bond donors (Lipinski definition) is 0. The number of benzene rings is 3. The molecule has 0 N–H and O–H groups in total. The Kier molecular flexibility index (Phi) is 5.12. The van der Waals surface area contributed by atoms with E-state index >= 15 is 0 Å². The van der Waals surface area contributed by atoms with Gasteiger partial charge in [-0.1, -0.05) is 48.5 Å². The van der Waals surface area contributed by atoms with E-state index in [1.165, 1.54) is 17.8 Å². The molecule has 3 aromatic rings.